The number of aliphatic hydroxyl groups is 1. The molecule has 0 spiro atoms. The Balaban J connectivity index is 1.46. The lowest BCUT2D eigenvalue weighted by molar-refractivity contribution is -0.0375. The molecule has 1 aromatic heterocycles. The van der Waals surface area contributed by atoms with Crippen LogP contribution in [0, 0.1) is 6.92 Å². The quantitative estimate of drug-likeness (QED) is 0.913. The van der Waals surface area contributed by atoms with Gasteiger partial charge in [0.15, 0.2) is 17.3 Å². The van der Waals surface area contributed by atoms with Crippen LogP contribution in [-0.4, -0.2) is 45.6 Å². The van der Waals surface area contributed by atoms with E-state index in [1.54, 1.807) is 6.92 Å². The molecule has 2 aliphatic rings. The Morgan fingerprint density at radius 3 is 3.08 bits per heavy atom. The molecule has 2 aromatic rings. The Morgan fingerprint density at radius 1 is 1.33 bits per heavy atom. The average Bonchev–Trinajstić information content (AvgIpc) is 3.16. The number of likely N-dealkylation sites (tertiary alicyclic amines) is 1. The first kappa shape index (κ1) is 15.4. The Kier molecular flexibility index (Phi) is 3.90. The SMILES string of the molecule is Cc1noc(CC2(O)CCCN(Cc3cccc4c3OCO4)C2)n1. The van der Waals surface area contributed by atoms with E-state index in [0.29, 0.717) is 24.7 Å². The van der Waals surface area contributed by atoms with Crippen molar-refractivity contribution in [2.75, 3.05) is 19.9 Å². The van der Waals surface area contributed by atoms with E-state index < -0.39 is 5.60 Å². The summed E-state index contributed by atoms with van der Waals surface area (Å²) in [4.78, 5) is 6.45. The molecule has 0 bridgehead atoms. The molecule has 2 aliphatic heterocycles. The third-order valence-electron chi connectivity index (χ3n) is 4.56. The normalized spacial score (nSPS) is 23.6. The van der Waals surface area contributed by atoms with E-state index >= 15 is 0 Å². The zero-order valence-corrected chi connectivity index (χ0v) is 13.7. The Morgan fingerprint density at radius 2 is 2.25 bits per heavy atom. The van der Waals surface area contributed by atoms with Crippen molar-refractivity contribution in [1.82, 2.24) is 15.0 Å². The van der Waals surface area contributed by atoms with Crippen molar-refractivity contribution in [2.24, 2.45) is 0 Å². The van der Waals surface area contributed by atoms with E-state index in [2.05, 4.69) is 15.0 Å². The number of piperidine rings is 1. The number of rotatable bonds is 4. The highest BCUT2D eigenvalue weighted by Gasteiger charge is 2.35. The van der Waals surface area contributed by atoms with Gasteiger partial charge in [0, 0.05) is 18.7 Å². The van der Waals surface area contributed by atoms with Gasteiger partial charge in [0.1, 0.15) is 0 Å². The predicted octanol–water partition coefficient (Wildman–Crippen LogP) is 1.68. The second-order valence-corrected chi connectivity index (χ2v) is 6.60. The maximum Gasteiger partial charge on any atom is 0.231 e. The van der Waals surface area contributed by atoms with E-state index in [0.717, 1.165) is 43.0 Å². The lowest BCUT2D eigenvalue weighted by Gasteiger charge is -2.38. The second kappa shape index (κ2) is 6.07. The molecule has 3 heterocycles. The summed E-state index contributed by atoms with van der Waals surface area (Å²) in [6.45, 7) is 4.28. The maximum atomic E-state index is 11.0. The molecule has 24 heavy (non-hydrogen) atoms. The molecule has 1 aromatic carbocycles. The fourth-order valence-corrected chi connectivity index (χ4v) is 3.53. The molecule has 1 unspecified atom stereocenters. The molecule has 4 rings (SSSR count). The molecule has 1 N–H and O–H groups in total. The van der Waals surface area contributed by atoms with Crippen molar-refractivity contribution in [1.29, 1.82) is 0 Å². The fraction of sp³-hybridized carbons (Fsp3) is 0.529. The third kappa shape index (κ3) is 3.09. The van der Waals surface area contributed by atoms with Crippen molar-refractivity contribution in [2.45, 2.75) is 38.3 Å². The first-order valence-corrected chi connectivity index (χ1v) is 8.23. The number of β-amino-alcohol motifs (C(OH)–C–C–N with tert-alkyl or cyclic N) is 1. The lowest BCUT2D eigenvalue weighted by Crippen LogP contribution is -2.49. The highest BCUT2D eigenvalue weighted by Crippen LogP contribution is 2.36. The van der Waals surface area contributed by atoms with Crippen LogP contribution in [0.1, 0.15) is 30.1 Å². The van der Waals surface area contributed by atoms with E-state index in [-0.39, 0.29) is 6.79 Å². The van der Waals surface area contributed by atoms with Crippen molar-refractivity contribution < 1.29 is 19.1 Å². The maximum absolute atomic E-state index is 11.0. The molecule has 0 saturated carbocycles. The largest absolute Gasteiger partial charge is 0.454 e. The number of aryl methyl sites for hydroxylation is 1. The van der Waals surface area contributed by atoms with Gasteiger partial charge in [-0.25, -0.2) is 0 Å². The lowest BCUT2D eigenvalue weighted by atomic mass is 9.89. The Bertz CT molecular complexity index is 732. The molecule has 1 saturated heterocycles. The van der Waals surface area contributed by atoms with Crippen LogP contribution in [-0.2, 0) is 13.0 Å². The zero-order valence-electron chi connectivity index (χ0n) is 13.7. The van der Waals surface area contributed by atoms with E-state index in [4.69, 9.17) is 14.0 Å². The summed E-state index contributed by atoms with van der Waals surface area (Å²) in [6, 6.07) is 5.93. The number of ether oxygens (including phenoxy) is 2. The van der Waals surface area contributed by atoms with Crippen LogP contribution in [0.3, 0.4) is 0 Å². The highest BCUT2D eigenvalue weighted by molar-refractivity contribution is 5.48. The average molecular weight is 331 g/mol. The molecule has 7 nitrogen and oxygen atoms in total. The minimum atomic E-state index is -0.841. The second-order valence-electron chi connectivity index (χ2n) is 6.60. The zero-order chi connectivity index (χ0) is 16.6. The summed E-state index contributed by atoms with van der Waals surface area (Å²) in [5.41, 5.74) is 0.245. The van der Waals surface area contributed by atoms with Crippen molar-refractivity contribution in [3.8, 4) is 11.5 Å². The van der Waals surface area contributed by atoms with Gasteiger partial charge in [-0.15, -0.1) is 0 Å². The molecule has 7 heteroatoms. The van der Waals surface area contributed by atoms with Crippen LogP contribution in [0.5, 0.6) is 11.5 Å². The number of hydrogen-bond donors (Lipinski definition) is 1. The van der Waals surface area contributed by atoms with Gasteiger partial charge < -0.3 is 19.1 Å². The first-order valence-electron chi connectivity index (χ1n) is 8.23. The predicted molar refractivity (Wildman–Crippen MR) is 84.8 cm³/mol. The van der Waals surface area contributed by atoms with Gasteiger partial charge >= 0.3 is 0 Å². The van der Waals surface area contributed by atoms with Crippen LogP contribution >= 0.6 is 0 Å². The van der Waals surface area contributed by atoms with Crippen LogP contribution in [0.2, 0.25) is 0 Å². The smallest absolute Gasteiger partial charge is 0.231 e. The Hall–Kier alpha value is -2.12. The van der Waals surface area contributed by atoms with Gasteiger partial charge in [-0.1, -0.05) is 17.3 Å². The monoisotopic (exact) mass is 331 g/mol. The summed E-state index contributed by atoms with van der Waals surface area (Å²) in [5.74, 6) is 2.70. The van der Waals surface area contributed by atoms with Gasteiger partial charge in [0.2, 0.25) is 12.7 Å². The minimum absolute atomic E-state index is 0.271. The summed E-state index contributed by atoms with van der Waals surface area (Å²) in [6.07, 6.45) is 2.05. The number of hydrogen-bond acceptors (Lipinski definition) is 7. The Labute approximate surface area is 140 Å². The van der Waals surface area contributed by atoms with Gasteiger partial charge in [-0.3, -0.25) is 4.90 Å². The van der Waals surface area contributed by atoms with Gasteiger partial charge in [0.05, 0.1) is 12.0 Å². The first-order chi connectivity index (χ1) is 11.6. The van der Waals surface area contributed by atoms with Gasteiger partial charge in [-0.05, 0) is 32.4 Å². The van der Waals surface area contributed by atoms with Crippen LogP contribution in [0.4, 0.5) is 0 Å². The number of nitrogens with zero attached hydrogens (tertiary/aromatic N) is 3. The van der Waals surface area contributed by atoms with Crippen molar-refractivity contribution in [3.63, 3.8) is 0 Å². The molecular weight excluding hydrogens is 310 g/mol. The molecule has 128 valence electrons. The van der Waals surface area contributed by atoms with E-state index in [1.165, 1.54) is 0 Å². The van der Waals surface area contributed by atoms with Crippen molar-refractivity contribution >= 4 is 0 Å². The number of aromatic nitrogens is 2. The summed E-state index contributed by atoms with van der Waals surface area (Å²) in [7, 11) is 0. The standard InChI is InChI=1S/C17H21N3O4/c1-12-18-15(24-19-12)8-17(21)6-3-7-20(10-17)9-13-4-2-5-14-16(13)23-11-22-14/h2,4-5,21H,3,6-11H2,1H3. The molecule has 0 aliphatic carbocycles. The van der Waals surface area contributed by atoms with Crippen LogP contribution < -0.4 is 9.47 Å². The van der Waals surface area contributed by atoms with Crippen LogP contribution in [0.25, 0.3) is 0 Å². The molecular formula is C17H21N3O4. The topological polar surface area (TPSA) is 80.9 Å². The minimum Gasteiger partial charge on any atom is -0.454 e. The number of fused-ring (bicyclic) bond motifs is 1. The third-order valence-corrected chi connectivity index (χ3v) is 4.56. The molecule has 1 atom stereocenters. The van der Waals surface area contributed by atoms with E-state index in [9.17, 15) is 5.11 Å². The highest BCUT2D eigenvalue weighted by atomic mass is 16.7. The van der Waals surface area contributed by atoms with Gasteiger partial charge in [-0.2, -0.15) is 4.98 Å². The number of benzene rings is 1. The van der Waals surface area contributed by atoms with Gasteiger partial charge in [0.25, 0.3) is 0 Å². The summed E-state index contributed by atoms with van der Waals surface area (Å²) < 4.78 is 16.2. The van der Waals surface area contributed by atoms with Crippen LogP contribution in [0.15, 0.2) is 22.7 Å². The summed E-state index contributed by atoms with van der Waals surface area (Å²) in [5, 5.41) is 14.7. The molecule has 0 amide bonds. The summed E-state index contributed by atoms with van der Waals surface area (Å²) >= 11 is 0. The molecule has 0 radical (unpaired) electrons. The molecule has 1 fully saturated rings. The van der Waals surface area contributed by atoms with E-state index in [1.807, 2.05) is 18.2 Å². The fourth-order valence-electron chi connectivity index (χ4n) is 3.53. The van der Waals surface area contributed by atoms with Crippen molar-refractivity contribution in [3.05, 3.63) is 35.5 Å². The number of para-hydroxylation sites is 1.